The highest BCUT2D eigenvalue weighted by atomic mass is 19.1. The van der Waals surface area contributed by atoms with E-state index in [2.05, 4.69) is 5.32 Å². The summed E-state index contributed by atoms with van der Waals surface area (Å²) in [5.41, 5.74) is 2.29. The van der Waals surface area contributed by atoms with Gasteiger partial charge in [0.15, 0.2) is 0 Å². The van der Waals surface area contributed by atoms with Crippen molar-refractivity contribution in [3.63, 3.8) is 0 Å². The lowest BCUT2D eigenvalue weighted by Gasteiger charge is -2.06. The average molecular weight is 295 g/mol. The van der Waals surface area contributed by atoms with Gasteiger partial charge in [0.1, 0.15) is 12.4 Å². The number of esters is 1. The van der Waals surface area contributed by atoms with Crippen LogP contribution in [0.3, 0.4) is 0 Å². The van der Waals surface area contributed by atoms with Gasteiger partial charge >= 0.3 is 5.97 Å². The molecule has 1 aliphatic rings. The summed E-state index contributed by atoms with van der Waals surface area (Å²) in [5.74, 6) is -0.821. The predicted octanol–water partition coefficient (Wildman–Crippen LogP) is 3.89. The minimum absolute atomic E-state index is 0.201. The second-order valence-electron chi connectivity index (χ2n) is 4.84. The zero-order chi connectivity index (χ0) is 15.4. The maximum Gasteiger partial charge on any atom is 0.339 e. The Morgan fingerprint density at radius 3 is 2.68 bits per heavy atom. The van der Waals surface area contributed by atoms with E-state index in [4.69, 9.17) is 4.74 Å². The summed E-state index contributed by atoms with van der Waals surface area (Å²) < 4.78 is 19.0. The van der Waals surface area contributed by atoms with Crippen molar-refractivity contribution in [2.75, 3.05) is 5.32 Å². The van der Waals surface area contributed by atoms with Gasteiger partial charge in [0.05, 0.1) is 11.3 Å². The fourth-order valence-corrected chi connectivity index (χ4v) is 2.14. The first-order valence-electron chi connectivity index (χ1n) is 6.88. The molecule has 0 fully saturated rings. The van der Waals surface area contributed by atoms with Crippen LogP contribution in [0.15, 0.2) is 66.4 Å². The number of halogens is 1. The van der Waals surface area contributed by atoms with Gasteiger partial charge in [-0.25, -0.2) is 9.18 Å². The third-order valence-electron chi connectivity index (χ3n) is 3.31. The fraction of sp³-hybridized carbons (Fsp3) is 0.0556. The van der Waals surface area contributed by atoms with Gasteiger partial charge in [0.2, 0.25) is 0 Å². The minimum atomic E-state index is -0.458. The monoisotopic (exact) mass is 295 g/mol. The Bertz CT molecular complexity index is 751. The van der Waals surface area contributed by atoms with Crippen LogP contribution in [0.25, 0.3) is 6.08 Å². The third-order valence-corrected chi connectivity index (χ3v) is 3.31. The van der Waals surface area contributed by atoms with E-state index in [9.17, 15) is 9.18 Å². The molecule has 0 bridgehead atoms. The Hall–Kier alpha value is -2.88. The van der Waals surface area contributed by atoms with Crippen LogP contribution in [0, 0.1) is 5.82 Å². The topological polar surface area (TPSA) is 38.3 Å². The van der Waals surface area contributed by atoms with Gasteiger partial charge in [-0.15, -0.1) is 0 Å². The van der Waals surface area contributed by atoms with E-state index in [-0.39, 0.29) is 12.4 Å². The van der Waals surface area contributed by atoms with Crippen molar-refractivity contribution in [2.45, 2.75) is 6.61 Å². The van der Waals surface area contributed by atoms with E-state index in [1.165, 1.54) is 12.3 Å². The Morgan fingerprint density at radius 1 is 1.05 bits per heavy atom. The van der Waals surface area contributed by atoms with E-state index in [1.54, 1.807) is 24.3 Å². The number of carbonyl (C=O) groups is 1. The van der Waals surface area contributed by atoms with Gasteiger partial charge in [-0.05, 0) is 17.7 Å². The number of rotatable bonds is 3. The normalized spacial score (nSPS) is 12.7. The highest BCUT2D eigenvalue weighted by Gasteiger charge is 2.13. The molecule has 0 spiro atoms. The van der Waals surface area contributed by atoms with Crippen LogP contribution >= 0.6 is 0 Å². The number of fused-ring (bicyclic) bond motifs is 1. The molecule has 3 rings (SSSR count). The number of carbonyl (C=O) groups excluding carboxylic acids is 1. The Morgan fingerprint density at radius 2 is 1.86 bits per heavy atom. The van der Waals surface area contributed by atoms with Gasteiger partial charge in [-0.2, -0.15) is 0 Å². The standard InChI is InChI=1S/C18H14FNO2/c19-16-8-4-7-14-9-10-15(11-20-17(14)16)18(21)22-12-13-5-2-1-3-6-13/h1-11,20H,12H2. The maximum atomic E-state index is 13.7. The fourth-order valence-electron chi connectivity index (χ4n) is 2.14. The highest BCUT2D eigenvalue weighted by molar-refractivity contribution is 5.94. The van der Waals surface area contributed by atoms with Crippen LogP contribution < -0.4 is 5.32 Å². The first-order chi connectivity index (χ1) is 10.7. The third kappa shape index (κ3) is 3.06. The van der Waals surface area contributed by atoms with Crippen molar-refractivity contribution < 1.29 is 13.9 Å². The predicted molar refractivity (Wildman–Crippen MR) is 83.4 cm³/mol. The summed E-state index contributed by atoms with van der Waals surface area (Å²) in [7, 11) is 0. The van der Waals surface area contributed by atoms with Crippen molar-refractivity contribution in [2.24, 2.45) is 0 Å². The maximum absolute atomic E-state index is 13.7. The van der Waals surface area contributed by atoms with Gasteiger partial charge in [0, 0.05) is 11.8 Å². The molecule has 1 heterocycles. The first-order valence-corrected chi connectivity index (χ1v) is 6.88. The van der Waals surface area contributed by atoms with Crippen LogP contribution in [0.4, 0.5) is 10.1 Å². The lowest BCUT2D eigenvalue weighted by molar-refractivity contribution is -0.139. The van der Waals surface area contributed by atoms with Crippen LogP contribution in [0.5, 0.6) is 0 Å². The molecular formula is C18H14FNO2. The number of ether oxygens (including phenoxy) is 1. The van der Waals surface area contributed by atoms with Crippen molar-refractivity contribution in [1.29, 1.82) is 0 Å². The summed E-state index contributed by atoms with van der Waals surface area (Å²) in [6.45, 7) is 0.201. The number of nitrogens with one attached hydrogen (secondary N) is 1. The Labute approximate surface area is 127 Å². The SMILES string of the molecule is O=C(OCc1ccccc1)C1=CNc2c(F)cccc2C=C1. The van der Waals surface area contributed by atoms with Crippen molar-refractivity contribution in [1.82, 2.24) is 0 Å². The zero-order valence-electron chi connectivity index (χ0n) is 11.8. The minimum Gasteiger partial charge on any atom is -0.457 e. The summed E-state index contributed by atoms with van der Waals surface area (Å²) in [5, 5.41) is 2.82. The van der Waals surface area contributed by atoms with Crippen LogP contribution in [0.2, 0.25) is 0 Å². The summed E-state index contributed by atoms with van der Waals surface area (Å²) in [6.07, 6.45) is 4.76. The summed E-state index contributed by atoms with van der Waals surface area (Å²) in [6, 6.07) is 14.2. The van der Waals surface area contributed by atoms with Crippen molar-refractivity contribution >= 4 is 17.7 Å². The highest BCUT2D eigenvalue weighted by Crippen LogP contribution is 2.24. The van der Waals surface area contributed by atoms with E-state index in [0.29, 0.717) is 16.8 Å². The van der Waals surface area contributed by atoms with Crippen molar-refractivity contribution in [3.8, 4) is 0 Å². The molecule has 0 saturated heterocycles. The molecule has 2 aromatic rings. The van der Waals surface area contributed by atoms with E-state index < -0.39 is 5.97 Å². The molecule has 0 aromatic heterocycles. The number of benzene rings is 2. The van der Waals surface area contributed by atoms with E-state index in [0.717, 1.165) is 5.56 Å². The quantitative estimate of drug-likeness (QED) is 0.873. The van der Waals surface area contributed by atoms with Gasteiger partial charge < -0.3 is 10.1 Å². The molecule has 1 aliphatic heterocycles. The lowest BCUT2D eigenvalue weighted by Crippen LogP contribution is -2.07. The number of para-hydroxylation sites is 1. The molecule has 0 amide bonds. The number of hydrogen-bond donors (Lipinski definition) is 1. The summed E-state index contributed by atoms with van der Waals surface area (Å²) in [4.78, 5) is 12.1. The molecule has 0 unspecified atom stereocenters. The van der Waals surface area contributed by atoms with Gasteiger partial charge in [-0.3, -0.25) is 0 Å². The van der Waals surface area contributed by atoms with Crippen LogP contribution in [0.1, 0.15) is 11.1 Å². The molecule has 4 heteroatoms. The Balaban J connectivity index is 1.71. The van der Waals surface area contributed by atoms with E-state index in [1.807, 2.05) is 30.3 Å². The molecule has 0 radical (unpaired) electrons. The molecule has 3 nitrogen and oxygen atoms in total. The molecule has 1 N–H and O–H groups in total. The smallest absolute Gasteiger partial charge is 0.339 e. The summed E-state index contributed by atoms with van der Waals surface area (Å²) >= 11 is 0. The molecular weight excluding hydrogens is 281 g/mol. The largest absolute Gasteiger partial charge is 0.457 e. The number of anilines is 1. The van der Waals surface area contributed by atoms with Crippen LogP contribution in [-0.2, 0) is 16.1 Å². The van der Waals surface area contributed by atoms with Crippen molar-refractivity contribution in [3.05, 3.63) is 83.3 Å². The second kappa shape index (κ2) is 6.26. The van der Waals surface area contributed by atoms with Gasteiger partial charge in [0.25, 0.3) is 0 Å². The Kier molecular flexibility index (Phi) is 4.01. The van der Waals surface area contributed by atoms with Crippen LogP contribution in [-0.4, -0.2) is 5.97 Å². The second-order valence-corrected chi connectivity index (χ2v) is 4.84. The zero-order valence-corrected chi connectivity index (χ0v) is 11.8. The molecule has 110 valence electrons. The number of hydrogen-bond acceptors (Lipinski definition) is 3. The molecule has 0 aliphatic carbocycles. The van der Waals surface area contributed by atoms with E-state index >= 15 is 0 Å². The molecule has 22 heavy (non-hydrogen) atoms. The first kappa shape index (κ1) is 14.1. The molecule has 2 aromatic carbocycles. The lowest BCUT2D eigenvalue weighted by atomic mass is 10.1. The van der Waals surface area contributed by atoms with Gasteiger partial charge in [-0.1, -0.05) is 48.5 Å². The average Bonchev–Trinajstić information content (AvgIpc) is 2.77. The molecule has 0 saturated carbocycles. The molecule has 0 atom stereocenters.